The standard InChI is InChI=1S/C27H30N2O4/c1-3-5-8-15-29-24(21-17-28-22-10-7-6-9-20(21)22)23(26(31)27(29)32)25(30)18-11-13-19(14-12-18)33-16-4-2/h6-7,9-14,17,24,28,30H,3-5,8,15-16H2,1-2H3/b25-23+. The number of nitrogens with zero attached hydrogens (tertiary/aromatic N) is 1. The molecule has 2 heterocycles. The number of benzene rings is 2. The number of aliphatic hydroxyl groups is 1. The molecule has 1 fully saturated rings. The summed E-state index contributed by atoms with van der Waals surface area (Å²) in [5.74, 6) is -0.679. The Morgan fingerprint density at radius 1 is 1.03 bits per heavy atom. The second-order valence-electron chi connectivity index (χ2n) is 8.36. The molecule has 0 spiro atoms. The fourth-order valence-electron chi connectivity index (χ4n) is 4.37. The summed E-state index contributed by atoms with van der Waals surface area (Å²) in [6.45, 7) is 5.20. The number of nitrogens with one attached hydrogen (secondary N) is 1. The van der Waals surface area contributed by atoms with E-state index in [0.717, 1.165) is 42.1 Å². The molecule has 0 aliphatic carbocycles. The molecule has 2 aromatic carbocycles. The fraction of sp³-hybridized carbons (Fsp3) is 0.333. The molecule has 6 heteroatoms. The molecule has 1 aliphatic rings. The Balaban J connectivity index is 1.80. The van der Waals surface area contributed by atoms with Crippen LogP contribution >= 0.6 is 0 Å². The molecule has 1 aliphatic heterocycles. The van der Waals surface area contributed by atoms with Crippen LogP contribution in [0.5, 0.6) is 5.75 Å². The van der Waals surface area contributed by atoms with Crippen molar-refractivity contribution in [3.8, 4) is 5.75 Å². The second kappa shape index (κ2) is 9.94. The molecule has 172 valence electrons. The van der Waals surface area contributed by atoms with Gasteiger partial charge in [-0.05, 0) is 43.2 Å². The quantitative estimate of drug-likeness (QED) is 0.195. The molecule has 1 amide bonds. The first-order valence-corrected chi connectivity index (χ1v) is 11.6. The number of unbranched alkanes of at least 4 members (excludes halogenated alkanes) is 2. The Morgan fingerprint density at radius 2 is 1.79 bits per heavy atom. The summed E-state index contributed by atoms with van der Waals surface area (Å²) in [7, 11) is 0. The van der Waals surface area contributed by atoms with Crippen LogP contribution in [0.15, 0.2) is 60.3 Å². The molecule has 1 atom stereocenters. The van der Waals surface area contributed by atoms with E-state index < -0.39 is 17.7 Å². The molecule has 0 bridgehead atoms. The highest BCUT2D eigenvalue weighted by atomic mass is 16.5. The van der Waals surface area contributed by atoms with Crippen LogP contribution in [0.2, 0.25) is 0 Å². The van der Waals surface area contributed by atoms with Crippen LogP contribution in [0.25, 0.3) is 16.7 Å². The number of hydrogen-bond acceptors (Lipinski definition) is 4. The van der Waals surface area contributed by atoms with E-state index in [0.29, 0.717) is 24.5 Å². The van der Waals surface area contributed by atoms with Crippen molar-refractivity contribution in [1.82, 2.24) is 9.88 Å². The monoisotopic (exact) mass is 446 g/mol. The topological polar surface area (TPSA) is 82.6 Å². The van der Waals surface area contributed by atoms with Gasteiger partial charge >= 0.3 is 0 Å². The van der Waals surface area contributed by atoms with Crippen LogP contribution < -0.4 is 4.74 Å². The molecule has 0 radical (unpaired) electrons. The third-order valence-corrected chi connectivity index (χ3v) is 6.06. The van der Waals surface area contributed by atoms with Gasteiger partial charge in [0.15, 0.2) is 0 Å². The minimum absolute atomic E-state index is 0.128. The zero-order chi connectivity index (χ0) is 23.4. The number of hydrogen-bond donors (Lipinski definition) is 2. The van der Waals surface area contributed by atoms with Gasteiger partial charge in [0.25, 0.3) is 11.7 Å². The number of rotatable bonds is 9. The Hall–Kier alpha value is -3.54. The van der Waals surface area contributed by atoms with Gasteiger partial charge in [-0.2, -0.15) is 0 Å². The normalized spacial score (nSPS) is 17.8. The second-order valence-corrected chi connectivity index (χ2v) is 8.36. The maximum atomic E-state index is 13.2. The molecular weight excluding hydrogens is 416 g/mol. The lowest BCUT2D eigenvalue weighted by atomic mass is 9.95. The van der Waals surface area contributed by atoms with Crippen LogP contribution in [-0.4, -0.2) is 39.8 Å². The first-order chi connectivity index (χ1) is 16.1. The van der Waals surface area contributed by atoms with Crippen LogP contribution in [0.4, 0.5) is 0 Å². The maximum Gasteiger partial charge on any atom is 0.295 e. The van der Waals surface area contributed by atoms with Gasteiger partial charge in [0.1, 0.15) is 11.5 Å². The van der Waals surface area contributed by atoms with Crippen molar-refractivity contribution in [2.75, 3.05) is 13.2 Å². The number of ether oxygens (including phenoxy) is 1. The Kier molecular flexibility index (Phi) is 6.82. The van der Waals surface area contributed by atoms with Gasteiger partial charge in [-0.25, -0.2) is 0 Å². The van der Waals surface area contributed by atoms with E-state index in [1.165, 1.54) is 0 Å². The minimum Gasteiger partial charge on any atom is -0.507 e. The molecule has 3 aromatic rings. The lowest BCUT2D eigenvalue weighted by molar-refractivity contribution is -0.139. The maximum absolute atomic E-state index is 13.2. The summed E-state index contributed by atoms with van der Waals surface area (Å²) >= 11 is 0. The molecule has 4 rings (SSSR count). The van der Waals surface area contributed by atoms with E-state index in [4.69, 9.17) is 4.74 Å². The van der Waals surface area contributed by atoms with Gasteiger partial charge < -0.3 is 19.7 Å². The number of aliphatic hydroxyl groups excluding tert-OH is 1. The van der Waals surface area contributed by atoms with Crippen molar-refractivity contribution in [3.63, 3.8) is 0 Å². The van der Waals surface area contributed by atoms with Crippen molar-refractivity contribution in [2.24, 2.45) is 0 Å². The smallest absolute Gasteiger partial charge is 0.295 e. The SMILES string of the molecule is CCCCCN1C(=O)C(=O)/C(=C(/O)c2ccc(OCCC)cc2)C1c1c[nH]c2ccccc12. The number of carbonyl (C=O) groups is 2. The number of aromatic nitrogens is 1. The lowest BCUT2D eigenvalue weighted by Crippen LogP contribution is -2.30. The number of Topliss-reactive ketones (excluding diaryl/α,β-unsaturated/α-hetero) is 1. The van der Waals surface area contributed by atoms with Crippen LogP contribution in [0, 0.1) is 0 Å². The van der Waals surface area contributed by atoms with E-state index in [-0.39, 0.29) is 11.3 Å². The van der Waals surface area contributed by atoms with Crippen molar-refractivity contribution in [2.45, 2.75) is 45.6 Å². The number of ketones is 1. The molecule has 1 unspecified atom stereocenters. The van der Waals surface area contributed by atoms with E-state index >= 15 is 0 Å². The number of H-pyrrole nitrogens is 1. The Bertz CT molecular complexity index is 1180. The molecule has 0 saturated carbocycles. The Morgan fingerprint density at radius 3 is 2.52 bits per heavy atom. The molecule has 1 aromatic heterocycles. The van der Waals surface area contributed by atoms with Gasteiger partial charge in [-0.1, -0.05) is 44.9 Å². The van der Waals surface area contributed by atoms with Gasteiger partial charge in [0.05, 0.1) is 18.2 Å². The van der Waals surface area contributed by atoms with Crippen LogP contribution in [-0.2, 0) is 9.59 Å². The highest BCUT2D eigenvalue weighted by molar-refractivity contribution is 6.46. The summed E-state index contributed by atoms with van der Waals surface area (Å²) in [6, 6.07) is 14.1. The van der Waals surface area contributed by atoms with Gasteiger partial charge in [-0.15, -0.1) is 0 Å². The molecular formula is C27H30N2O4. The molecule has 33 heavy (non-hydrogen) atoms. The third kappa shape index (κ3) is 4.38. The first-order valence-electron chi connectivity index (χ1n) is 11.6. The average molecular weight is 447 g/mol. The van der Waals surface area contributed by atoms with Gasteiger partial charge in [-0.3, -0.25) is 9.59 Å². The van der Waals surface area contributed by atoms with E-state index in [1.54, 1.807) is 29.2 Å². The summed E-state index contributed by atoms with van der Waals surface area (Å²) in [6.07, 6.45) is 5.50. The highest BCUT2D eigenvalue weighted by Crippen LogP contribution is 2.42. The average Bonchev–Trinajstić information content (AvgIpc) is 3.37. The first kappa shape index (κ1) is 22.6. The number of carbonyl (C=O) groups excluding carboxylic acids is 2. The number of fused-ring (bicyclic) bond motifs is 1. The van der Waals surface area contributed by atoms with Crippen LogP contribution in [0.1, 0.15) is 56.7 Å². The van der Waals surface area contributed by atoms with Crippen LogP contribution in [0.3, 0.4) is 0 Å². The van der Waals surface area contributed by atoms with Gasteiger partial charge in [0.2, 0.25) is 0 Å². The zero-order valence-electron chi connectivity index (χ0n) is 19.1. The molecule has 6 nitrogen and oxygen atoms in total. The predicted octanol–water partition coefficient (Wildman–Crippen LogP) is 5.57. The third-order valence-electron chi connectivity index (χ3n) is 6.06. The van der Waals surface area contributed by atoms with E-state index in [1.807, 2.05) is 37.4 Å². The van der Waals surface area contributed by atoms with Gasteiger partial charge in [0, 0.05) is 34.8 Å². The lowest BCUT2D eigenvalue weighted by Gasteiger charge is -2.25. The largest absolute Gasteiger partial charge is 0.507 e. The van der Waals surface area contributed by atoms with E-state index in [2.05, 4.69) is 11.9 Å². The zero-order valence-corrected chi connectivity index (χ0v) is 19.1. The Labute approximate surface area is 193 Å². The highest BCUT2D eigenvalue weighted by Gasteiger charge is 2.46. The number of aromatic amines is 1. The molecule has 1 saturated heterocycles. The van der Waals surface area contributed by atoms with Crippen molar-refractivity contribution >= 4 is 28.4 Å². The minimum atomic E-state index is -0.648. The summed E-state index contributed by atoms with van der Waals surface area (Å²) in [5.41, 5.74) is 2.34. The fourth-order valence-corrected chi connectivity index (χ4v) is 4.37. The number of amides is 1. The van der Waals surface area contributed by atoms with Crippen molar-refractivity contribution in [1.29, 1.82) is 0 Å². The number of likely N-dealkylation sites (tertiary alicyclic amines) is 1. The predicted molar refractivity (Wildman–Crippen MR) is 129 cm³/mol. The summed E-state index contributed by atoms with van der Waals surface area (Å²) in [4.78, 5) is 31.1. The summed E-state index contributed by atoms with van der Waals surface area (Å²) < 4.78 is 5.62. The van der Waals surface area contributed by atoms with Crippen molar-refractivity contribution < 1.29 is 19.4 Å². The number of para-hydroxylation sites is 1. The molecule has 2 N–H and O–H groups in total. The summed E-state index contributed by atoms with van der Waals surface area (Å²) in [5, 5.41) is 12.2. The van der Waals surface area contributed by atoms with E-state index in [9.17, 15) is 14.7 Å². The van der Waals surface area contributed by atoms with Crippen molar-refractivity contribution in [3.05, 3.63) is 71.4 Å².